The van der Waals surface area contributed by atoms with Crippen LogP contribution >= 0.6 is 0 Å². The summed E-state index contributed by atoms with van der Waals surface area (Å²) in [7, 11) is 0. The van der Waals surface area contributed by atoms with E-state index in [2.05, 4.69) is 5.32 Å². The lowest BCUT2D eigenvalue weighted by atomic mass is 10.2. The molecular weight excluding hydrogens is 235 g/mol. The maximum absolute atomic E-state index is 13.4. The normalized spacial score (nSPS) is 10.7. The number of nitrogen functional groups attached to an aromatic ring is 1. The first kappa shape index (κ1) is 14.4. The van der Waals surface area contributed by atoms with Gasteiger partial charge in [-0.15, -0.1) is 0 Å². The number of amides is 1. The zero-order valence-electron chi connectivity index (χ0n) is 10.7. The summed E-state index contributed by atoms with van der Waals surface area (Å²) in [6.07, 6.45) is 0.871. The molecule has 18 heavy (non-hydrogen) atoms. The van der Waals surface area contributed by atoms with Crippen LogP contribution in [0.15, 0.2) is 18.2 Å². The van der Waals surface area contributed by atoms with Gasteiger partial charge >= 0.3 is 0 Å². The number of nitrogens with two attached hydrogens (primary N) is 1. The molecule has 0 bridgehead atoms. The lowest BCUT2D eigenvalue weighted by Crippen LogP contribution is -2.26. The molecule has 0 saturated carbocycles. The second-order valence-corrected chi connectivity index (χ2v) is 4.27. The first-order valence-corrected chi connectivity index (χ1v) is 5.95. The summed E-state index contributed by atoms with van der Waals surface area (Å²) in [5, 5.41) is 2.63. The number of hydrogen-bond acceptors (Lipinski definition) is 3. The Balaban J connectivity index is 2.36. The van der Waals surface area contributed by atoms with Crippen molar-refractivity contribution in [3.05, 3.63) is 29.6 Å². The fourth-order valence-electron chi connectivity index (χ4n) is 1.40. The minimum atomic E-state index is -0.606. The van der Waals surface area contributed by atoms with E-state index >= 15 is 0 Å². The Morgan fingerprint density at radius 1 is 1.50 bits per heavy atom. The van der Waals surface area contributed by atoms with E-state index in [0.29, 0.717) is 25.3 Å². The van der Waals surface area contributed by atoms with Crippen LogP contribution in [-0.2, 0) is 4.74 Å². The van der Waals surface area contributed by atoms with E-state index in [1.54, 1.807) is 0 Å². The number of rotatable bonds is 6. The third-order valence-corrected chi connectivity index (χ3v) is 2.30. The summed E-state index contributed by atoms with van der Waals surface area (Å²) in [6, 6.07) is 4.02. The first-order chi connectivity index (χ1) is 8.50. The highest BCUT2D eigenvalue weighted by Gasteiger charge is 2.10. The highest BCUT2D eigenvalue weighted by molar-refractivity contribution is 5.94. The molecule has 0 radical (unpaired) electrons. The van der Waals surface area contributed by atoms with Crippen molar-refractivity contribution in [2.24, 2.45) is 0 Å². The van der Waals surface area contributed by atoms with E-state index in [1.807, 2.05) is 13.8 Å². The van der Waals surface area contributed by atoms with Crippen LogP contribution in [0.3, 0.4) is 0 Å². The number of halogens is 1. The lowest BCUT2D eigenvalue weighted by Gasteiger charge is -2.08. The second-order valence-electron chi connectivity index (χ2n) is 4.27. The fraction of sp³-hybridized carbons (Fsp3) is 0.462. The number of nitrogens with one attached hydrogen (secondary N) is 1. The van der Waals surface area contributed by atoms with E-state index < -0.39 is 11.7 Å². The van der Waals surface area contributed by atoms with Crippen LogP contribution in [0, 0.1) is 5.82 Å². The molecular formula is C13H19FN2O2. The standard InChI is InChI=1S/C13H19FN2O2/c1-9(2)18-7-3-6-16-13(17)11-5-4-10(15)8-12(11)14/h4-5,8-9H,3,6-7,15H2,1-2H3,(H,16,17). The van der Waals surface area contributed by atoms with Crippen molar-refractivity contribution in [2.45, 2.75) is 26.4 Å². The molecule has 4 nitrogen and oxygen atoms in total. The number of anilines is 1. The highest BCUT2D eigenvalue weighted by atomic mass is 19.1. The van der Waals surface area contributed by atoms with Gasteiger partial charge in [0.1, 0.15) is 5.82 Å². The van der Waals surface area contributed by atoms with Crippen molar-refractivity contribution in [1.29, 1.82) is 0 Å². The molecule has 5 heteroatoms. The average molecular weight is 254 g/mol. The molecule has 0 unspecified atom stereocenters. The van der Waals surface area contributed by atoms with Gasteiger partial charge in [0.25, 0.3) is 5.91 Å². The first-order valence-electron chi connectivity index (χ1n) is 5.95. The van der Waals surface area contributed by atoms with Crippen LogP contribution in [0.1, 0.15) is 30.6 Å². The molecule has 100 valence electrons. The van der Waals surface area contributed by atoms with Crippen LogP contribution < -0.4 is 11.1 Å². The van der Waals surface area contributed by atoms with E-state index in [1.165, 1.54) is 12.1 Å². The molecule has 1 aromatic carbocycles. The average Bonchev–Trinajstić information content (AvgIpc) is 2.27. The second kappa shape index (κ2) is 6.96. The molecule has 0 saturated heterocycles. The number of carbonyl (C=O) groups is 1. The van der Waals surface area contributed by atoms with Gasteiger partial charge < -0.3 is 15.8 Å². The summed E-state index contributed by atoms with van der Waals surface area (Å²) >= 11 is 0. The topological polar surface area (TPSA) is 64.3 Å². The van der Waals surface area contributed by atoms with Crippen LogP contribution in [0.2, 0.25) is 0 Å². The highest BCUT2D eigenvalue weighted by Crippen LogP contribution is 2.11. The van der Waals surface area contributed by atoms with Crippen LogP contribution in [0.4, 0.5) is 10.1 Å². The van der Waals surface area contributed by atoms with Crippen molar-refractivity contribution in [3.8, 4) is 0 Å². The van der Waals surface area contributed by atoms with Gasteiger partial charge in [-0.05, 0) is 38.5 Å². The van der Waals surface area contributed by atoms with E-state index in [4.69, 9.17) is 10.5 Å². The quantitative estimate of drug-likeness (QED) is 0.602. The maximum Gasteiger partial charge on any atom is 0.254 e. The largest absolute Gasteiger partial charge is 0.399 e. The summed E-state index contributed by atoms with van der Waals surface area (Å²) < 4.78 is 18.7. The molecule has 0 aliphatic heterocycles. The smallest absolute Gasteiger partial charge is 0.254 e. The fourth-order valence-corrected chi connectivity index (χ4v) is 1.40. The third-order valence-electron chi connectivity index (χ3n) is 2.30. The van der Waals surface area contributed by atoms with Crippen LogP contribution in [-0.4, -0.2) is 25.2 Å². The van der Waals surface area contributed by atoms with Gasteiger partial charge in [0.15, 0.2) is 0 Å². The van der Waals surface area contributed by atoms with Gasteiger partial charge in [0.05, 0.1) is 11.7 Å². The number of hydrogen-bond donors (Lipinski definition) is 2. The van der Waals surface area contributed by atoms with Crippen LogP contribution in [0.5, 0.6) is 0 Å². The monoisotopic (exact) mass is 254 g/mol. The van der Waals surface area contributed by atoms with Crippen molar-refractivity contribution < 1.29 is 13.9 Å². The zero-order valence-corrected chi connectivity index (χ0v) is 10.7. The van der Waals surface area contributed by atoms with Gasteiger partial charge in [-0.2, -0.15) is 0 Å². The van der Waals surface area contributed by atoms with Gasteiger partial charge in [-0.3, -0.25) is 4.79 Å². The Morgan fingerprint density at radius 3 is 2.83 bits per heavy atom. The summed E-state index contributed by atoms with van der Waals surface area (Å²) in [5.41, 5.74) is 5.72. The summed E-state index contributed by atoms with van der Waals surface area (Å²) in [5.74, 6) is -1.04. The predicted molar refractivity (Wildman–Crippen MR) is 68.9 cm³/mol. The Hall–Kier alpha value is -1.62. The summed E-state index contributed by atoms with van der Waals surface area (Å²) in [4.78, 5) is 11.6. The Kier molecular flexibility index (Phi) is 5.58. The van der Waals surface area contributed by atoms with Gasteiger partial charge in [-0.25, -0.2) is 4.39 Å². The molecule has 3 N–H and O–H groups in total. The summed E-state index contributed by atoms with van der Waals surface area (Å²) in [6.45, 7) is 4.92. The number of carbonyl (C=O) groups excluding carboxylic acids is 1. The molecule has 0 spiro atoms. The molecule has 0 aliphatic carbocycles. The molecule has 0 atom stereocenters. The zero-order chi connectivity index (χ0) is 13.5. The minimum absolute atomic E-state index is 0.00831. The van der Waals surface area contributed by atoms with Crippen molar-refractivity contribution in [1.82, 2.24) is 5.32 Å². The molecule has 1 rings (SSSR count). The number of benzene rings is 1. The van der Waals surface area contributed by atoms with Crippen molar-refractivity contribution >= 4 is 11.6 Å². The SMILES string of the molecule is CC(C)OCCCNC(=O)c1ccc(N)cc1F. The van der Waals surface area contributed by atoms with E-state index in [0.717, 1.165) is 6.07 Å². The van der Waals surface area contributed by atoms with E-state index in [9.17, 15) is 9.18 Å². The van der Waals surface area contributed by atoms with Crippen molar-refractivity contribution in [3.63, 3.8) is 0 Å². The Labute approximate surface area is 106 Å². The van der Waals surface area contributed by atoms with E-state index in [-0.39, 0.29) is 11.7 Å². The molecule has 0 aromatic heterocycles. The predicted octanol–water partition coefficient (Wildman–Crippen LogP) is 1.95. The molecule has 0 aliphatic rings. The molecule has 0 fully saturated rings. The van der Waals surface area contributed by atoms with Gasteiger partial charge in [0.2, 0.25) is 0 Å². The molecule has 0 heterocycles. The van der Waals surface area contributed by atoms with Gasteiger partial charge in [-0.1, -0.05) is 0 Å². The third kappa shape index (κ3) is 4.71. The van der Waals surface area contributed by atoms with Crippen LogP contribution in [0.25, 0.3) is 0 Å². The lowest BCUT2D eigenvalue weighted by molar-refractivity contribution is 0.0756. The maximum atomic E-state index is 13.4. The minimum Gasteiger partial charge on any atom is -0.399 e. The molecule has 1 aromatic rings. The van der Waals surface area contributed by atoms with Crippen molar-refractivity contribution in [2.75, 3.05) is 18.9 Å². The Morgan fingerprint density at radius 2 is 2.22 bits per heavy atom. The Bertz CT molecular complexity index is 408. The molecule has 1 amide bonds. The van der Waals surface area contributed by atoms with Gasteiger partial charge in [0, 0.05) is 18.8 Å². The number of ether oxygens (including phenoxy) is 1.